The van der Waals surface area contributed by atoms with E-state index >= 15 is 0 Å². The molecule has 1 aromatic heterocycles. The molecule has 1 N–H and O–H groups in total. The van der Waals surface area contributed by atoms with E-state index in [1.165, 1.54) is 10.7 Å². The van der Waals surface area contributed by atoms with Crippen LogP contribution < -0.4 is 5.56 Å². The van der Waals surface area contributed by atoms with E-state index in [-0.39, 0.29) is 12.2 Å². The quantitative estimate of drug-likeness (QED) is 0.612. The predicted octanol–water partition coefficient (Wildman–Crippen LogP) is -0.748. The maximum atomic E-state index is 11.1. The third-order valence-corrected chi connectivity index (χ3v) is 1.47. The molecule has 1 aromatic rings. The van der Waals surface area contributed by atoms with E-state index in [1.54, 1.807) is 12.3 Å². The van der Waals surface area contributed by atoms with Crippen molar-refractivity contribution in [3.63, 3.8) is 0 Å². The second-order valence-electron chi connectivity index (χ2n) is 2.42. The van der Waals surface area contributed by atoms with E-state index < -0.39 is 0 Å². The molecule has 5 nitrogen and oxygen atoms in total. The minimum Gasteiger partial charge on any atom is -0.394 e. The molecule has 0 amide bonds. The van der Waals surface area contributed by atoms with Gasteiger partial charge in [-0.05, 0) is 6.07 Å². The molecule has 0 radical (unpaired) electrons. The molecule has 0 aromatic carbocycles. The zero-order chi connectivity index (χ0) is 9.52. The van der Waals surface area contributed by atoms with Gasteiger partial charge < -0.3 is 9.84 Å². The van der Waals surface area contributed by atoms with Gasteiger partial charge in [0.25, 0.3) is 5.56 Å². The molecular weight excluding hydrogens is 172 g/mol. The van der Waals surface area contributed by atoms with Crippen molar-refractivity contribution >= 4 is 0 Å². The molecule has 0 saturated carbocycles. The number of rotatable bonds is 5. The van der Waals surface area contributed by atoms with Gasteiger partial charge in [-0.1, -0.05) is 0 Å². The largest absolute Gasteiger partial charge is 0.394 e. The lowest BCUT2D eigenvalue weighted by atomic mass is 10.5. The van der Waals surface area contributed by atoms with Crippen LogP contribution in [0.25, 0.3) is 0 Å². The van der Waals surface area contributed by atoms with Crippen molar-refractivity contribution in [2.24, 2.45) is 0 Å². The summed E-state index contributed by atoms with van der Waals surface area (Å²) in [7, 11) is 0. The van der Waals surface area contributed by atoms with Crippen LogP contribution in [-0.2, 0) is 11.3 Å². The molecular formula is C8H12N2O3. The minimum atomic E-state index is -0.143. The molecule has 0 fully saturated rings. The Bertz CT molecular complexity index is 297. The molecule has 72 valence electrons. The zero-order valence-corrected chi connectivity index (χ0v) is 7.22. The first-order chi connectivity index (χ1) is 6.34. The predicted molar refractivity (Wildman–Crippen MR) is 46.4 cm³/mol. The molecule has 0 spiro atoms. The summed E-state index contributed by atoms with van der Waals surface area (Å²) in [5.41, 5.74) is -0.143. The Labute approximate surface area is 75.6 Å². The summed E-state index contributed by atoms with van der Waals surface area (Å²) in [4.78, 5) is 11.1. The first-order valence-corrected chi connectivity index (χ1v) is 4.05. The Morgan fingerprint density at radius 2 is 2.38 bits per heavy atom. The highest BCUT2D eigenvalue weighted by Crippen LogP contribution is 1.79. The van der Waals surface area contributed by atoms with E-state index in [9.17, 15) is 4.79 Å². The van der Waals surface area contributed by atoms with E-state index in [2.05, 4.69) is 5.10 Å². The Morgan fingerprint density at radius 3 is 3.08 bits per heavy atom. The zero-order valence-electron chi connectivity index (χ0n) is 7.22. The monoisotopic (exact) mass is 184 g/mol. The van der Waals surface area contributed by atoms with Crippen molar-refractivity contribution in [2.75, 3.05) is 19.8 Å². The van der Waals surface area contributed by atoms with E-state index in [4.69, 9.17) is 9.84 Å². The summed E-state index contributed by atoms with van der Waals surface area (Å²) in [6.07, 6.45) is 1.55. The molecule has 0 aliphatic carbocycles. The van der Waals surface area contributed by atoms with E-state index in [0.717, 1.165) is 0 Å². The lowest BCUT2D eigenvalue weighted by Crippen LogP contribution is -2.23. The summed E-state index contributed by atoms with van der Waals surface area (Å²) < 4.78 is 6.31. The first kappa shape index (κ1) is 9.88. The summed E-state index contributed by atoms with van der Waals surface area (Å²) in [6, 6.07) is 3.03. The van der Waals surface area contributed by atoms with Gasteiger partial charge in [-0.15, -0.1) is 0 Å². The molecule has 0 atom stereocenters. The first-order valence-electron chi connectivity index (χ1n) is 4.05. The second-order valence-corrected chi connectivity index (χ2v) is 2.42. The molecule has 13 heavy (non-hydrogen) atoms. The number of aliphatic hydroxyl groups excluding tert-OH is 1. The second kappa shape index (κ2) is 5.45. The summed E-state index contributed by atoms with van der Waals surface area (Å²) in [5.74, 6) is 0. The van der Waals surface area contributed by atoms with Crippen molar-refractivity contribution in [3.05, 3.63) is 28.7 Å². The lowest BCUT2D eigenvalue weighted by molar-refractivity contribution is 0.0847. The van der Waals surface area contributed by atoms with Gasteiger partial charge in [-0.3, -0.25) is 4.79 Å². The van der Waals surface area contributed by atoms with Gasteiger partial charge in [0.05, 0.1) is 26.4 Å². The number of ether oxygens (including phenoxy) is 1. The highest BCUT2D eigenvalue weighted by Gasteiger charge is 1.94. The van der Waals surface area contributed by atoms with Gasteiger partial charge in [-0.2, -0.15) is 5.10 Å². The Morgan fingerprint density at radius 1 is 1.54 bits per heavy atom. The number of hydrogen-bond acceptors (Lipinski definition) is 4. The highest BCUT2D eigenvalue weighted by atomic mass is 16.5. The molecule has 0 bridgehead atoms. The van der Waals surface area contributed by atoms with Gasteiger partial charge in [0.15, 0.2) is 0 Å². The maximum Gasteiger partial charge on any atom is 0.266 e. The van der Waals surface area contributed by atoms with Crippen LogP contribution in [-0.4, -0.2) is 34.7 Å². The minimum absolute atomic E-state index is 0.00286. The van der Waals surface area contributed by atoms with Crippen LogP contribution in [0.15, 0.2) is 23.1 Å². The van der Waals surface area contributed by atoms with Gasteiger partial charge >= 0.3 is 0 Å². The van der Waals surface area contributed by atoms with Crippen LogP contribution >= 0.6 is 0 Å². The van der Waals surface area contributed by atoms with Crippen molar-refractivity contribution in [3.8, 4) is 0 Å². The fourth-order valence-corrected chi connectivity index (χ4v) is 0.873. The number of nitrogens with zero attached hydrogens (tertiary/aromatic N) is 2. The normalized spacial score (nSPS) is 10.2. The highest BCUT2D eigenvalue weighted by molar-refractivity contribution is 4.84. The average Bonchev–Trinajstić information content (AvgIpc) is 2.15. The van der Waals surface area contributed by atoms with Crippen molar-refractivity contribution in [1.29, 1.82) is 0 Å². The Hall–Kier alpha value is -1.20. The van der Waals surface area contributed by atoms with Crippen molar-refractivity contribution in [2.45, 2.75) is 6.54 Å². The summed E-state index contributed by atoms with van der Waals surface area (Å²) in [5, 5.41) is 12.2. The third-order valence-electron chi connectivity index (χ3n) is 1.47. The number of hydrogen-bond donors (Lipinski definition) is 1. The van der Waals surface area contributed by atoms with Crippen LogP contribution in [0, 0.1) is 0 Å². The van der Waals surface area contributed by atoms with Crippen LogP contribution in [0.3, 0.4) is 0 Å². The molecule has 1 heterocycles. The molecule has 0 unspecified atom stereocenters. The fraction of sp³-hybridized carbons (Fsp3) is 0.500. The standard InChI is InChI=1S/C8H12N2O3/c11-5-7-13-6-4-10-8(12)2-1-3-9-10/h1-3,11H,4-7H2. The Balaban J connectivity index is 2.37. The topological polar surface area (TPSA) is 64.4 Å². The van der Waals surface area contributed by atoms with Gasteiger partial charge in [-0.25, -0.2) is 4.68 Å². The van der Waals surface area contributed by atoms with Crippen LogP contribution in [0.5, 0.6) is 0 Å². The third kappa shape index (κ3) is 3.35. The molecule has 0 saturated heterocycles. The molecule has 0 aliphatic heterocycles. The van der Waals surface area contributed by atoms with Crippen molar-refractivity contribution < 1.29 is 9.84 Å². The molecule has 1 rings (SSSR count). The van der Waals surface area contributed by atoms with Crippen LogP contribution in [0.2, 0.25) is 0 Å². The SMILES string of the molecule is O=c1cccnn1CCOCCO. The number of aliphatic hydroxyl groups is 1. The number of aromatic nitrogens is 2. The molecule has 0 aliphatic rings. The van der Waals surface area contributed by atoms with Crippen molar-refractivity contribution in [1.82, 2.24) is 9.78 Å². The van der Waals surface area contributed by atoms with Crippen LogP contribution in [0.1, 0.15) is 0 Å². The smallest absolute Gasteiger partial charge is 0.266 e. The fourth-order valence-electron chi connectivity index (χ4n) is 0.873. The van der Waals surface area contributed by atoms with E-state index in [1.807, 2.05) is 0 Å². The summed E-state index contributed by atoms with van der Waals surface area (Å²) >= 11 is 0. The maximum absolute atomic E-state index is 11.1. The average molecular weight is 184 g/mol. The van der Waals surface area contributed by atoms with Gasteiger partial charge in [0, 0.05) is 12.3 Å². The molecule has 5 heteroatoms. The van der Waals surface area contributed by atoms with Gasteiger partial charge in [0.1, 0.15) is 0 Å². The van der Waals surface area contributed by atoms with E-state index in [0.29, 0.717) is 19.8 Å². The lowest BCUT2D eigenvalue weighted by Gasteiger charge is -2.03. The van der Waals surface area contributed by atoms with Gasteiger partial charge in [0.2, 0.25) is 0 Å². The van der Waals surface area contributed by atoms with Crippen LogP contribution in [0.4, 0.5) is 0 Å². The summed E-state index contributed by atoms with van der Waals surface area (Å²) in [6.45, 7) is 1.09. The Kier molecular flexibility index (Phi) is 4.14.